The smallest absolute Gasteiger partial charge is 0.320 e. The van der Waals surface area contributed by atoms with E-state index in [9.17, 15) is 22.8 Å². The largest absolute Gasteiger partial charge is 0.465 e. The van der Waals surface area contributed by atoms with Gasteiger partial charge in [0, 0.05) is 6.54 Å². The average Bonchev–Trinajstić information content (AvgIpc) is 3.01. The lowest BCUT2D eigenvalue weighted by Gasteiger charge is -2.23. The van der Waals surface area contributed by atoms with Crippen LogP contribution in [-0.2, 0) is 26.0 Å². The van der Waals surface area contributed by atoms with Crippen LogP contribution in [0.3, 0.4) is 0 Å². The molecule has 3 rings (SSSR count). The van der Waals surface area contributed by atoms with Gasteiger partial charge in [-0.25, -0.2) is 13.1 Å². The number of esters is 1. The van der Waals surface area contributed by atoms with Gasteiger partial charge in [-0.2, -0.15) is 0 Å². The zero-order valence-electron chi connectivity index (χ0n) is 17.1. The summed E-state index contributed by atoms with van der Waals surface area (Å²) in [5.74, 6) is -1.74. The van der Waals surface area contributed by atoms with Crippen molar-refractivity contribution in [3.8, 4) is 0 Å². The van der Waals surface area contributed by atoms with E-state index < -0.39 is 39.6 Å². The van der Waals surface area contributed by atoms with Crippen molar-refractivity contribution < 1.29 is 27.5 Å². The van der Waals surface area contributed by atoms with E-state index in [0.29, 0.717) is 6.42 Å². The van der Waals surface area contributed by atoms with Crippen LogP contribution in [0.15, 0.2) is 54.6 Å². The van der Waals surface area contributed by atoms with Gasteiger partial charge in [0.2, 0.25) is 10.0 Å². The molecule has 1 unspecified atom stereocenters. The van der Waals surface area contributed by atoms with Crippen molar-refractivity contribution in [1.82, 2.24) is 9.62 Å². The maximum Gasteiger partial charge on any atom is 0.320 e. The number of sulfonamides is 1. The molecule has 0 spiro atoms. The molecule has 1 atom stereocenters. The summed E-state index contributed by atoms with van der Waals surface area (Å²) >= 11 is 0. The molecule has 0 saturated carbocycles. The first-order valence-electron chi connectivity index (χ1n) is 9.96. The number of ether oxygens (including phenoxy) is 1. The average molecular weight is 445 g/mol. The van der Waals surface area contributed by atoms with Crippen LogP contribution in [0.4, 0.5) is 0 Å². The van der Waals surface area contributed by atoms with E-state index in [1.165, 1.54) is 0 Å². The minimum atomic E-state index is -4.02. The molecular formula is C22H24N2O6S. The maximum atomic E-state index is 13.0. The van der Waals surface area contributed by atoms with Gasteiger partial charge in [-0.3, -0.25) is 19.3 Å². The first-order chi connectivity index (χ1) is 14.8. The fourth-order valence-electron chi connectivity index (χ4n) is 3.41. The maximum absolute atomic E-state index is 13.0. The van der Waals surface area contributed by atoms with Crippen LogP contribution in [-0.4, -0.2) is 56.0 Å². The van der Waals surface area contributed by atoms with Gasteiger partial charge in [-0.15, -0.1) is 0 Å². The third kappa shape index (κ3) is 5.36. The van der Waals surface area contributed by atoms with Gasteiger partial charge in [-0.1, -0.05) is 42.5 Å². The molecule has 31 heavy (non-hydrogen) atoms. The highest BCUT2D eigenvalue weighted by molar-refractivity contribution is 7.90. The normalized spacial score (nSPS) is 14.4. The molecular weight excluding hydrogens is 420 g/mol. The Morgan fingerprint density at radius 1 is 1.00 bits per heavy atom. The number of nitrogens with one attached hydrogen (secondary N) is 1. The summed E-state index contributed by atoms with van der Waals surface area (Å²) < 4.78 is 33.0. The van der Waals surface area contributed by atoms with Crippen LogP contribution >= 0.6 is 0 Å². The van der Waals surface area contributed by atoms with Crippen LogP contribution in [0.1, 0.15) is 39.6 Å². The third-order valence-corrected chi connectivity index (χ3v) is 6.83. The molecule has 1 N–H and O–H groups in total. The SMILES string of the molecule is CCOC(=O)CNS(=O)(=O)C(CCc1ccccc1)CN1C(=O)c2ccccc2C1=O. The second-order valence-electron chi connectivity index (χ2n) is 7.08. The molecule has 0 bridgehead atoms. The van der Waals surface area contributed by atoms with Gasteiger partial charge in [0.15, 0.2) is 0 Å². The summed E-state index contributed by atoms with van der Waals surface area (Å²) in [6, 6.07) is 15.7. The molecule has 9 heteroatoms. The van der Waals surface area contributed by atoms with E-state index in [1.807, 2.05) is 30.3 Å². The molecule has 1 aliphatic heterocycles. The summed E-state index contributed by atoms with van der Waals surface area (Å²) in [5.41, 5.74) is 1.44. The highest BCUT2D eigenvalue weighted by atomic mass is 32.2. The Labute approximate surface area is 181 Å². The number of fused-ring (bicyclic) bond motifs is 1. The number of amides is 2. The monoisotopic (exact) mass is 444 g/mol. The Kier molecular flexibility index (Phi) is 7.19. The Morgan fingerprint density at radius 2 is 1.58 bits per heavy atom. The number of hydrogen-bond donors (Lipinski definition) is 1. The van der Waals surface area contributed by atoms with Gasteiger partial charge in [0.1, 0.15) is 6.54 Å². The molecule has 164 valence electrons. The van der Waals surface area contributed by atoms with Crippen molar-refractivity contribution in [2.75, 3.05) is 19.7 Å². The highest BCUT2D eigenvalue weighted by Crippen LogP contribution is 2.24. The summed E-state index contributed by atoms with van der Waals surface area (Å²) in [7, 11) is -4.02. The number of benzene rings is 2. The van der Waals surface area contributed by atoms with Crippen molar-refractivity contribution in [1.29, 1.82) is 0 Å². The molecule has 2 aromatic carbocycles. The molecule has 0 aromatic heterocycles. The number of imide groups is 1. The Balaban J connectivity index is 1.79. The molecule has 1 heterocycles. The summed E-state index contributed by atoms with van der Waals surface area (Å²) in [6.07, 6.45) is 0.588. The summed E-state index contributed by atoms with van der Waals surface area (Å²) in [5, 5.41) is -1.09. The van der Waals surface area contributed by atoms with Gasteiger partial charge in [-0.05, 0) is 37.5 Å². The third-order valence-electron chi connectivity index (χ3n) is 5.02. The van der Waals surface area contributed by atoms with Crippen molar-refractivity contribution in [3.05, 3.63) is 71.3 Å². The van der Waals surface area contributed by atoms with E-state index in [2.05, 4.69) is 4.72 Å². The number of aryl methyl sites for hydroxylation is 1. The minimum absolute atomic E-state index is 0.132. The lowest BCUT2D eigenvalue weighted by molar-refractivity contribution is -0.141. The second-order valence-corrected chi connectivity index (χ2v) is 9.13. The zero-order chi connectivity index (χ0) is 22.4. The highest BCUT2D eigenvalue weighted by Gasteiger charge is 2.39. The minimum Gasteiger partial charge on any atom is -0.465 e. The van der Waals surface area contributed by atoms with Crippen LogP contribution in [0, 0.1) is 0 Å². The Morgan fingerprint density at radius 3 is 2.16 bits per heavy atom. The summed E-state index contributed by atoms with van der Waals surface area (Å²) in [4.78, 5) is 38.0. The number of carbonyl (C=O) groups is 3. The lowest BCUT2D eigenvalue weighted by Crippen LogP contribution is -2.46. The van der Waals surface area contributed by atoms with E-state index in [1.54, 1.807) is 31.2 Å². The number of carbonyl (C=O) groups excluding carboxylic acids is 3. The van der Waals surface area contributed by atoms with Gasteiger partial charge >= 0.3 is 5.97 Å². The Bertz CT molecular complexity index is 1030. The van der Waals surface area contributed by atoms with Crippen molar-refractivity contribution >= 4 is 27.8 Å². The molecule has 0 saturated heterocycles. The van der Waals surface area contributed by atoms with Crippen LogP contribution in [0.25, 0.3) is 0 Å². The molecule has 1 aliphatic rings. The topological polar surface area (TPSA) is 110 Å². The molecule has 2 amide bonds. The second kappa shape index (κ2) is 9.84. The Hall–Kier alpha value is -3.04. The van der Waals surface area contributed by atoms with Crippen LogP contribution < -0.4 is 4.72 Å². The first-order valence-corrected chi connectivity index (χ1v) is 11.5. The molecule has 2 aromatic rings. The summed E-state index contributed by atoms with van der Waals surface area (Å²) in [6.45, 7) is 0.932. The van der Waals surface area contributed by atoms with E-state index in [0.717, 1.165) is 10.5 Å². The van der Waals surface area contributed by atoms with Crippen molar-refractivity contribution in [2.24, 2.45) is 0 Å². The molecule has 0 radical (unpaired) electrons. The number of nitrogens with zero attached hydrogens (tertiary/aromatic N) is 1. The number of rotatable bonds is 10. The zero-order valence-corrected chi connectivity index (χ0v) is 17.9. The van der Waals surface area contributed by atoms with Crippen LogP contribution in [0.5, 0.6) is 0 Å². The van der Waals surface area contributed by atoms with Crippen molar-refractivity contribution in [3.63, 3.8) is 0 Å². The number of hydrogen-bond acceptors (Lipinski definition) is 6. The molecule has 8 nitrogen and oxygen atoms in total. The lowest BCUT2D eigenvalue weighted by atomic mass is 10.1. The predicted molar refractivity (Wildman–Crippen MR) is 114 cm³/mol. The standard InChI is InChI=1S/C22H24N2O6S/c1-2-30-20(25)14-23-31(28,29)17(13-12-16-8-4-3-5-9-16)15-24-21(26)18-10-6-7-11-19(18)22(24)27/h3-11,17,23H,2,12-15H2,1H3. The van der Waals surface area contributed by atoms with Crippen LogP contribution in [0.2, 0.25) is 0 Å². The van der Waals surface area contributed by atoms with Gasteiger partial charge < -0.3 is 4.74 Å². The molecule has 0 fully saturated rings. The predicted octanol–water partition coefficient (Wildman–Crippen LogP) is 1.77. The van der Waals surface area contributed by atoms with E-state index >= 15 is 0 Å². The van der Waals surface area contributed by atoms with E-state index in [-0.39, 0.29) is 30.7 Å². The van der Waals surface area contributed by atoms with E-state index in [4.69, 9.17) is 4.74 Å². The van der Waals surface area contributed by atoms with Gasteiger partial charge in [0.05, 0.1) is 23.0 Å². The van der Waals surface area contributed by atoms with Gasteiger partial charge in [0.25, 0.3) is 11.8 Å². The quantitative estimate of drug-likeness (QED) is 0.442. The van der Waals surface area contributed by atoms with Crippen molar-refractivity contribution in [2.45, 2.75) is 25.0 Å². The fourth-order valence-corrected chi connectivity index (χ4v) is 4.74. The first kappa shape index (κ1) is 22.6. The molecule has 0 aliphatic carbocycles. The fraction of sp³-hybridized carbons (Fsp3) is 0.318.